The van der Waals surface area contributed by atoms with Gasteiger partial charge in [-0.15, -0.1) is 0 Å². The van der Waals surface area contributed by atoms with Gasteiger partial charge in [-0.3, -0.25) is 5.43 Å². The Hall–Kier alpha value is -1.71. The van der Waals surface area contributed by atoms with Gasteiger partial charge in [0.1, 0.15) is 5.82 Å². The summed E-state index contributed by atoms with van der Waals surface area (Å²) >= 11 is 0. The molecule has 0 saturated carbocycles. The van der Waals surface area contributed by atoms with Crippen LogP contribution in [-0.4, -0.2) is 12.4 Å². The fraction of sp³-hybridized carbons (Fsp3) is 0. The highest BCUT2D eigenvalue weighted by atomic mass is 19.1. The van der Waals surface area contributed by atoms with E-state index in [4.69, 9.17) is 5.41 Å². The van der Waals surface area contributed by atoms with Gasteiger partial charge in [0.15, 0.2) is 0 Å². The van der Waals surface area contributed by atoms with Crippen LogP contribution in [0.5, 0.6) is 0 Å². The van der Waals surface area contributed by atoms with E-state index in [2.05, 4.69) is 10.5 Å². The number of nitrogens with one attached hydrogen (secondary N) is 2. The summed E-state index contributed by atoms with van der Waals surface area (Å²) in [5.74, 6) is -0.315. The summed E-state index contributed by atoms with van der Waals surface area (Å²) < 4.78 is 12.5. The van der Waals surface area contributed by atoms with Gasteiger partial charge in [0.2, 0.25) is 0 Å². The summed E-state index contributed by atoms with van der Waals surface area (Å²) in [6.45, 7) is 0. The van der Waals surface area contributed by atoms with Crippen LogP contribution >= 0.6 is 0 Å². The Kier molecular flexibility index (Phi) is 2.95. The van der Waals surface area contributed by atoms with Crippen molar-refractivity contribution in [3.05, 3.63) is 30.1 Å². The third-order valence-electron chi connectivity index (χ3n) is 1.17. The maximum atomic E-state index is 12.5. The van der Waals surface area contributed by atoms with Crippen LogP contribution in [0.25, 0.3) is 0 Å². The number of benzene rings is 1. The fourth-order valence-corrected chi connectivity index (χ4v) is 0.707. The van der Waals surface area contributed by atoms with Crippen molar-refractivity contribution >= 4 is 18.1 Å². The minimum absolute atomic E-state index is 0.315. The molecule has 0 aliphatic rings. The summed E-state index contributed by atoms with van der Waals surface area (Å²) in [6.07, 6.45) is 2.30. The number of hydrazone groups is 1. The lowest BCUT2D eigenvalue weighted by Gasteiger charge is -1.97. The Morgan fingerprint density at radius 1 is 1.50 bits per heavy atom. The molecular formula is C8H8FN3. The second-order valence-corrected chi connectivity index (χ2v) is 2.07. The minimum Gasteiger partial charge on any atom is -0.307 e. The first kappa shape index (κ1) is 8.39. The van der Waals surface area contributed by atoms with E-state index in [0.29, 0.717) is 5.69 Å². The zero-order chi connectivity index (χ0) is 8.81. The molecular weight excluding hydrogens is 157 g/mol. The lowest BCUT2D eigenvalue weighted by Crippen LogP contribution is -1.89. The van der Waals surface area contributed by atoms with E-state index in [9.17, 15) is 4.39 Å². The van der Waals surface area contributed by atoms with Gasteiger partial charge >= 0.3 is 0 Å². The molecule has 0 heterocycles. The van der Waals surface area contributed by atoms with Crippen LogP contribution in [0.1, 0.15) is 0 Å². The monoisotopic (exact) mass is 165 g/mol. The van der Waals surface area contributed by atoms with E-state index in [1.165, 1.54) is 18.3 Å². The molecule has 1 aromatic rings. The van der Waals surface area contributed by atoms with Gasteiger partial charge in [0.25, 0.3) is 0 Å². The average molecular weight is 165 g/mol. The minimum atomic E-state index is -0.315. The number of halogens is 1. The molecule has 2 N–H and O–H groups in total. The van der Waals surface area contributed by atoms with Crippen LogP contribution < -0.4 is 5.43 Å². The van der Waals surface area contributed by atoms with Gasteiger partial charge in [-0.2, -0.15) is 5.10 Å². The molecule has 0 bridgehead atoms. The Morgan fingerprint density at radius 3 is 3.00 bits per heavy atom. The van der Waals surface area contributed by atoms with Crippen molar-refractivity contribution in [2.75, 3.05) is 5.43 Å². The molecule has 0 spiro atoms. The van der Waals surface area contributed by atoms with E-state index >= 15 is 0 Å². The van der Waals surface area contributed by atoms with E-state index in [1.54, 1.807) is 12.1 Å². The predicted molar refractivity (Wildman–Crippen MR) is 47.3 cm³/mol. The molecule has 4 heteroatoms. The largest absolute Gasteiger partial charge is 0.307 e. The zero-order valence-corrected chi connectivity index (χ0v) is 6.29. The maximum absolute atomic E-state index is 12.5. The maximum Gasteiger partial charge on any atom is 0.125 e. The number of rotatable bonds is 3. The van der Waals surface area contributed by atoms with E-state index in [-0.39, 0.29) is 5.82 Å². The standard InChI is InChI=1S/C8H8FN3/c9-7-2-1-3-8(6-7)12-11-5-4-10/h1-6,10,12H/b10-4?,11-5-. The Balaban J connectivity index is 2.63. The normalized spacial score (nSPS) is 10.1. The summed E-state index contributed by atoms with van der Waals surface area (Å²) in [4.78, 5) is 0. The second kappa shape index (κ2) is 4.23. The first-order valence-electron chi connectivity index (χ1n) is 3.36. The number of hydrogen-bond acceptors (Lipinski definition) is 3. The molecule has 0 fully saturated rings. The molecule has 0 atom stereocenters. The quantitative estimate of drug-likeness (QED) is 0.521. The first-order valence-corrected chi connectivity index (χ1v) is 3.36. The third kappa shape index (κ3) is 2.49. The van der Waals surface area contributed by atoms with Crippen molar-refractivity contribution in [3.63, 3.8) is 0 Å². The topological polar surface area (TPSA) is 48.2 Å². The SMILES string of the molecule is N=C/C=N\Nc1cccc(F)c1. The highest BCUT2D eigenvalue weighted by molar-refractivity contribution is 6.14. The Labute approximate surface area is 69.4 Å². The van der Waals surface area contributed by atoms with Crippen LogP contribution in [0.3, 0.4) is 0 Å². The smallest absolute Gasteiger partial charge is 0.125 e. The van der Waals surface area contributed by atoms with Crippen LogP contribution in [0.15, 0.2) is 29.4 Å². The summed E-state index contributed by atoms with van der Waals surface area (Å²) in [6, 6.07) is 5.94. The zero-order valence-electron chi connectivity index (χ0n) is 6.29. The van der Waals surface area contributed by atoms with E-state index < -0.39 is 0 Å². The van der Waals surface area contributed by atoms with Crippen molar-refractivity contribution in [2.24, 2.45) is 5.10 Å². The molecule has 0 unspecified atom stereocenters. The molecule has 0 aromatic heterocycles. The molecule has 12 heavy (non-hydrogen) atoms. The van der Waals surface area contributed by atoms with Gasteiger partial charge in [-0.1, -0.05) is 6.07 Å². The number of hydrogen-bond donors (Lipinski definition) is 2. The van der Waals surface area contributed by atoms with Crippen LogP contribution in [-0.2, 0) is 0 Å². The first-order chi connectivity index (χ1) is 5.83. The predicted octanol–water partition coefficient (Wildman–Crippen LogP) is 1.87. The van der Waals surface area contributed by atoms with Crippen molar-refractivity contribution < 1.29 is 4.39 Å². The number of anilines is 1. The molecule has 0 radical (unpaired) electrons. The van der Waals surface area contributed by atoms with Crippen molar-refractivity contribution in [3.8, 4) is 0 Å². The molecule has 62 valence electrons. The molecule has 0 aliphatic heterocycles. The van der Waals surface area contributed by atoms with E-state index in [1.807, 2.05) is 0 Å². The van der Waals surface area contributed by atoms with Gasteiger partial charge in [-0.25, -0.2) is 4.39 Å². The highest BCUT2D eigenvalue weighted by Gasteiger charge is 1.90. The summed E-state index contributed by atoms with van der Waals surface area (Å²) in [5.41, 5.74) is 3.13. The molecule has 0 amide bonds. The Morgan fingerprint density at radius 2 is 2.33 bits per heavy atom. The van der Waals surface area contributed by atoms with Gasteiger partial charge in [0, 0.05) is 6.21 Å². The fourth-order valence-electron chi connectivity index (χ4n) is 0.707. The van der Waals surface area contributed by atoms with E-state index in [0.717, 1.165) is 6.21 Å². The van der Waals surface area contributed by atoms with Crippen molar-refractivity contribution in [2.45, 2.75) is 0 Å². The number of nitrogens with zero attached hydrogens (tertiary/aromatic N) is 1. The van der Waals surface area contributed by atoms with Gasteiger partial charge < -0.3 is 5.41 Å². The molecule has 3 nitrogen and oxygen atoms in total. The molecule has 1 aromatic carbocycles. The molecule has 1 rings (SSSR count). The summed E-state index contributed by atoms with van der Waals surface area (Å²) in [7, 11) is 0. The van der Waals surface area contributed by atoms with Crippen LogP contribution in [0.4, 0.5) is 10.1 Å². The van der Waals surface area contributed by atoms with Gasteiger partial charge in [0.05, 0.1) is 11.9 Å². The lowest BCUT2D eigenvalue weighted by atomic mass is 10.3. The second-order valence-electron chi connectivity index (χ2n) is 2.07. The van der Waals surface area contributed by atoms with Crippen molar-refractivity contribution in [1.82, 2.24) is 0 Å². The summed E-state index contributed by atoms with van der Waals surface area (Å²) in [5, 5.41) is 10.2. The molecule has 0 aliphatic carbocycles. The Bertz CT molecular complexity index is 296. The van der Waals surface area contributed by atoms with Gasteiger partial charge in [-0.05, 0) is 18.2 Å². The van der Waals surface area contributed by atoms with Crippen LogP contribution in [0, 0.1) is 11.2 Å². The third-order valence-corrected chi connectivity index (χ3v) is 1.17. The van der Waals surface area contributed by atoms with Crippen molar-refractivity contribution in [1.29, 1.82) is 5.41 Å². The lowest BCUT2D eigenvalue weighted by molar-refractivity contribution is 0.628. The average Bonchev–Trinajstić information content (AvgIpc) is 2.05. The van der Waals surface area contributed by atoms with Crippen LogP contribution in [0.2, 0.25) is 0 Å². The highest BCUT2D eigenvalue weighted by Crippen LogP contribution is 2.08. The molecule has 0 saturated heterocycles.